The molecule has 1 aromatic heterocycles. The van der Waals surface area contributed by atoms with Gasteiger partial charge < -0.3 is 10.2 Å². The molecule has 5 heteroatoms. The number of amides is 1. The summed E-state index contributed by atoms with van der Waals surface area (Å²) in [5, 5.41) is 9.82. The molecule has 0 aliphatic rings. The van der Waals surface area contributed by atoms with Crippen molar-refractivity contribution in [2.24, 2.45) is 0 Å². The van der Waals surface area contributed by atoms with Crippen LogP contribution < -0.4 is 10.2 Å². The van der Waals surface area contributed by atoms with Gasteiger partial charge in [0, 0.05) is 31.5 Å². The van der Waals surface area contributed by atoms with E-state index in [9.17, 15) is 4.79 Å². The van der Waals surface area contributed by atoms with Gasteiger partial charge >= 0.3 is 0 Å². The van der Waals surface area contributed by atoms with E-state index in [0.29, 0.717) is 13.1 Å². The molecule has 3 aromatic rings. The number of hydrogen-bond donors (Lipinski definition) is 1. The standard InChI is InChI=1S/C21H26N4O/c1-16-13-17(2)25(23-16)12-6-11-22-21(26)15-24(3)20-10-9-18-7-4-5-8-19(18)14-20/h4-5,7-10,13-14H,6,11-12,15H2,1-3H3,(H,22,26). The maximum absolute atomic E-state index is 12.2. The van der Waals surface area contributed by atoms with Crippen LogP contribution in [0.4, 0.5) is 5.69 Å². The van der Waals surface area contributed by atoms with E-state index in [-0.39, 0.29) is 5.91 Å². The quantitative estimate of drug-likeness (QED) is 0.665. The van der Waals surface area contributed by atoms with Gasteiger partial charge in [-0.2, -0.15) is 5.10 Å². The van der Waals surface area contributed by atoms with Gasteiger partial charge in [-0.05, 0) is 49.2 Å². The maximum Gasteiger partial charge on any atom is 0.239 e. The molecule has 1 amide bonds. The molecule has 0 fully saturated rings. The van der Waals surface area contributed by atoms with E-state index in [1.54, 1.807) is 0 Å². The molecule has 0 radical (unpaired) electrons. The van der Waals surface area contributed by atoms with Gasteiger partial charge in [-0.15, -0.1) is 0 Å². The molecule has 0 saturated heterocycles. The summed E-state index contributed by atoms with van der Waals surface area (Å²) < 4.78 is 1.99. The fraction of sp³-hybridized carbons (Fsp3) is 0.333. The number of carbonyl (C=O) groups is 1. The Labute approximate surface area is 154 Å². The van der Waals surface area contributed by atoms with Crippen molar-refractivity contribution in [2.75, 3.05) is 25.0 Å². The van der Waals surface area contributed by atoms with E-state index < -0.39 is 0 Å². The summed E-state index contributed by atoms with van der Waals surface area (Å²) in [4.78, 5) is 14.2. The third kappa shape index (κ3) is 4.42. The van der Waals surface area contributed by atoms with E-state index in [0.717, 1.165) is 30.0 Å². The molecule has 0 spiro atoms. The highest BCUT2D eigenvalue weighted by molar-refractivity contribution is 5.87. The zero-order chi connectivity index (χ0) is 18.5. The number of hydrogen-bond acceptors (Lipinski definition) is 3. The Bertz CT molecular complexity index is 900. The normalized spacial score (nSPS) is 10.9. The molecule has 26 heavy (non-hydrogen) atoms. The fourth-order valence-electron chi connectivity index (χ4n) is 3.13. The highest BCUT2D eigenvalue weighted by Gasteiger charge is 2.08. The second-order valence-electron chi connectivity index (χ2n) is 6.74. The summed E-state index contributed by atoms with van der Waals surface area (Å²) in [6.45, 7) is 5.87. The molecule has 5 nitrogen and oxygen atoms in total. The Balaban J connectivity index is 1.46. The molecule has 1 heterocycles. The van der Waals surface area contributed by atoms with Gasteiger partial charge in [-0.25, -0.2) is 0 Å². The third-order valence-electron chi connectivity index (χ3n) is 4.53. The summed E-state index contributed by atoms with van der Waals surface area (Å²) in [7, 11) is 1.94. The SMILES string of the molecule is Cc1cc(C)n(CCCNC(=O)CN(C)c2ccc3ccccc3c2)n1. The number of aryl methyl sites for hydroxylation is 3. The van der Waals surface area contributed by atoms with Crippen LogP contribution in [0.15, 0.2) is 48.5 Å². The zero-order valence-corrected chi connectivity index (χ0v) is 15.7. The van der Waals surface area contributed by atoms with Crippen molar-refractivity contribution in [2.45, 2.75) is 26.8 Å². The lowest BCUT2D eigenvalue weighted by atomic mass is 10.1. The Kier molecular flexibility index (Phi) is 5.56. The highest BCUT2D eigenvalue weighted by atomic mass is 16.2. The van der Waals surface area contributed by atoms with Crippen molar-refractivity contribution in [3.63, 3.8) is 0 Å². The lowest BCUT2D eigenvalue weighted by Crippen LogP contribution is -2.35. The van der Waals surface area contributed by atoms with Crippen LogP contribution >= 0.6 is 0 Å². The van der Waals surface area contributed by atoms with Crippen LogP contribution in [-0.4, -0.2) is 35.8 Å². The molecule has 0 unspecified atom stereocenters. The molecule has 0 saturated carbocycles. The Hall–Kier alpha value is -2.82. The molecule has 136 valence electrons. The predicted molar refractivity (Wildman–Crippen MR) is 107 cm³/mol. The van der Waals surface area contributed by atoms with Crippen molar-refractivity contribution >= 4 is 22.4 Å². The van der Waals surface area contributed by atoms with Gasteiger partial charge in [0.1, 0.15) is 0 Å². The van der Waals surface area contributed by atoms with Gasteiger partial charge in [0.2, 0.25) is 5.91 Å². The minimum absolute atomic E-state index is 0.0361. The molecular formula is C21H26N4O. The number of aromatic nitrogens is 2. The second-order valence-corrected chi connectivity index (χ2v) is 6.74. The minimum Gasteiger partial charge on any atom is -0.365 e. The van der Waals surface area contributed by atoms with Gasteiger partial charge in [0.15, 0.2) is 0 Å². The largest absolute Gasteiger partial charge is 0.365 e. The van der Waals surface area contributed by atoms with Gasteiger partial charge in [0.05, 0.1) is 12.2 Å². The Morgan fingerprint density at radius 3 is 2.62 bits per heavy atom. The summed E-state index contributed by atoms with van der Waals surface area (Å²) in [6, 6.07) is 16.6. The minimum atomic E-state index is 0.0361. The first-order valence-electron chi connectivity index (χ1n) is 9.00. The average molecular weight is 350 g/mol. The van der Waals surface area contributed by atoms with Crippen molar-refractivity contribution in [1.29, 1.82) is 0 Å². The van der Waals surface area contributed by atoms with E-state index >= 15 is 0 Å². The van der Waals surface area contributed by atoms with Crippen molar-refractivity contribution in [1.82, 2.24) is 15.1 Å². The lowest BCUT2D eigenvalue weighted by Gasteiger charge is -2.19. The summed E-state index contributed by atoms with van der Waals surface area (Å²) >= 11 is 0. The van der Waals surface area contributed by atoms with E-state index in [4.69, 9.17) is 0 Å². The van der Waals surface area contributed by atoms with Gasteiger partial charge in [-0.3, -0.25) is 9.48 Å². The first-order valence-corrected chi connectivity index (χ1v) is 9.00. The highest BCUT2D eigenvalue weighted by Crippen LogP contribution is 2.21. The van der Waals surface area contributed by atoms with Gasteiger partial charge in [0.25, 0.3) is 0 Å². The van der Waals surface area contributed by atoms with Crippen molar-refractivity contribution in [3.05, 3.63) is 59.9 Å². The van der Waals surface area contributed by atoms with E-state index in [1.165, 1.54) is 10.8 Å². The topological polar surface area (TPSA) is 50.2 Å². The summed E-state index contributed by atoms with van der Waals surface area (Å²) in [5.41, 5.74) is 3.23. The Morgan fingerprint density at radius 2 is 1.88 bits per heavy atom. The molecule has 0 bridgehead atoms. The second kappa shape index (κ2) is 8.04. The van der Waals surface area contributed by atoms with Crippen LogP contribution in [0.5, 0.6) is 0 Å². The zero-order valence-electron chi connectivity index (χ0n) is 15.7. The molecule has 2 aromatic carbocycles. The van der Waals surface area contributed by atoms with Crippen LogP contribution in [0.1, 0.15) is 17.8 Å². The maximum atomic E-state index is 12.2. The Morgan fingerprint density at radius 1 is 1.12 bits per heavy atom. The molecule has 3 rings (SSSR count). The average Bonchev–Trinajstić information content (AvgIpc) is 2.95. The number of nitrogens with one attached hydrogen (secondary N) is 1. The van der Waals surface area contributed by atoms with Crippen molar-refractivity contribution in [3.8, 4) is 0 Å². The van der Waals surface area contributed by atoms with Crippen LogP contribution in [0.25, 0.3) is 10.8 Å². The van der Waals surface area contributed by atoms with Crippen LogP contribution in [0, 0.1) is 13.8 Å². The van der Waals surface area contributed by atoms with E-state index in [1.807, 2.05) is 35.7 Å². The number of likely N-dealkylation sites (N-methyl/N-ethyl adjacent to an activating group) is 1. The first-order chi connectivity index (χ1) is 12.5. The smallest absolute Gasteiger partial charge is 0.239 e. The molecule has 0 atom stereocenters. The fourth-order valence-corrected chi connectivity index (χ4v) is 3.13. The number of nitrogens with zero attached hydrogens (tertiary/aromatic N) is 3. The molecule has 0 aliphatic carbocycles. The number of fused-ring (bicyclic) bond motifs is 1. The molecular weight excluding hydrogens is 324 g/mol. The lowest BCUT2D eigenvalue weighted by molar-refractivity contribution is -0.119. The van der Waals surface area contributed by atoms with E-state index in [2.05, 4.69) is 53.7 Å². The number of rotatable bonds is 7. The molecule has 0 aliphatic heterocycles. The monoisotopic (exact) mass is 350 g/mol. The van der Waals surface area contributed by atoms with Crippen LogP contribution in [0.2, 0.25) is 0 Å². The van der Waals surface area contributed by atoms with Crippen LogP contribution in [-0.2, 0) is 11.3 Å². The number of anilines is 1. The first kappa shape index (κ1) is 18.0. The van der Waals surface area contributed by atoms with Gasteiger partial charge in [-0.1, -0.05) is 30.3 Å². The van der Waals surface area contributed by atoms with Crippen molar-refractivity contribution < 1.29 is 4.79 Å². The summed E-state index contributed by atoms with van der Waals surface area (Å²) in [5.74, 6) is 0.0361. The summed E-state index contributed by atoms with van der Waals surface area (Å²) in [6.07, 6.45) is 0.868. The number of carbonyl (C=O) groups excluding carboxylic acids is 1. The molecule has 1 N–H and O–H groups in total. The number of benzene rings is 2. The third-order valence-corrected chi connectivity index (χ3v) is 4.53. The van der Waals surface area contributed by atoms with Crippen LogP contribution in [0.3, 0.4) is 0 Å². The predicted octanol–water partition coefficient (Wildman–Crippen LogP) is 3.30.